The molecule has 1 aliphatic heterocycles. The van der Waals surface area contributed by atoms with Crippen LogP contribution in [0, 0.1) is 5.82 Å². The van der Waals surface area contributed by atoms with Crippen molar-refractivity contribution in [1.82, 2.24) is 5.32 Å². The van der Waals surface area contributed by atoms with Crippen molar-refractivity contribution in [2.24, 2.45) is 0 Å². The van der Waals surface area contributed by atoms with Crippen LogP contribution >= 0.6 is 0 Å². The second-order valence-electron chi connectivity index (χ2n) is 7.43. The summed E-state index contributed by atoms with van der Waals surface area (Å²) < 4.78 is 26.0. The van der Waals surface area contributed by atoms with Gasteiger partial charge >= 0.3 is 7.12 Å². The summed E-state index contributed by atoms with van der Waals surface area (Å²) in [6.45, 7) is 7.66. The summed E-state index contributed by atoms with van der Waals surface area (Å²) in [7, 11) is -0.809. The van der Waals surface area contributed by atoms with Crippen LogP contribution in [0.25, 0.3) is 0 Å². The van der Waals surface area contributed by atoms with Gasteiger partial charge in [-0.1, -0.05) is 0 Å². The van der Waals surface area contributed by atoms with E-state index >= 15 is 0 Å². The lowest BCUT2D eigenvalue weighted by Gasteiger charge is -2.32. The van der Waals surface area contributed by atoms with E-state index in [2.05, 4.69) is 5.32 Å². The number of benzene rings is 1. The molecule has 23 heavy (non-hydrogen) atoms. The quantitative estimate of drug-likeness (QED) is 0.871. The van der Waals surface area contributed by atoms with Gasteiger partial charge in [-0.05, 0) is 65.2 Å². The summed E-state index contributed by atoms with van der Waals surface area (Å²) in [6, 6.07) is 4.58. The molecule has 2 fully saturated rings. The van der Waals surface area contributed by atoms with Gasteiger partial charge in [0.05, 0.1) is 11.2 Å². The first kappa shape index (κ1) is 16.5. The molecule has 0 bridgehead atoms. The van der Waals surface area contributed by atoms with Crippen LogP contribution in [0.3, 0.4) is 0 Å². The van der Waals surface area contributed by atoms with Crippen LogP contribution < -0.4 is 10.8 Å². The maximum absolute atomic E-state index is 14.2. The average molecular weight is 319 g/mol. The van der Waals surface area contributed by atoms with Crippen molar-refractivity contribution >= 4 is 18.5 Å². The van der Waals surface area contributed by atoms with Gasteiger partial charge in [0.25, 0.3) is 5.91 Å². The third kappa shape index (κ3) is 3.02. The van der Waals surface area contributed by atoms with Crippen LogP contribution in [0.1, 0.15) is 57.3 Å². The Morgan fingerprint density at radius 2 is 1.83 bits per heavy atom. The Bertz CT molecular complexity index is 612. The van der Waals surface area contributed by atoms with Crippen LogP contribution in [0.2, 0.25) is 0 Å². The molecule has 1 heterocycles. The lowest BCUT2D eigenvalue weighted by atomic mass is 9.78. The molecule has 0 atom stereocenters. The minimum atomic E-state index is -0.809. The minimum absolute atomic E-state index is 0.174. The van der Waals surface area contributed by atoms with E-state index in [9.17, 15) is 9.18 Å². The fraction of sp³-hybridized carbons (Fsp3) is 0.588. The predicted octanol–water partition coefficient (Wildman–Crippen LogP) is 2.41. The first-order chi connectivity index (χ1) is 10.7. The third-order valence-corrected chi connectivity index (χ3v) is 5.21. The van der Waals surface area contributed by atoms with Gasteiger partial charge in [0.1, 0.15) is 5.82 Å². The molecule has 3 rings (SSSR count). The highest BCUT2D eigenvalue weighted by Crippen LogP contribution is 2.36. The maximum Gasteiger partial charge on any atom is 0.497 e. The van der Waals surface area contributed by atoms with Crippen LogP contribution in [0.5, 0.6) is 0 Å². The molecule has 1 amide bonds. The standard InChI is InChI=1S/C17H23BFNO3/c1-16(2)17(3,4)23-18(22-16)13-10-11(8-9-14(13)19)15(21)20-12-6-5-7-12/h8-10,12H,5-7H2,1-4H3,(H,20,21). The van der Waals surface area contributed by atoms with Crippen LogP contribution in [-0.2, 0) is 9.31 Å². The summed E-state index contributed by atoms with van der Waals surface area (Å²) in [6.07, 6.45) is 3.17. The molecule has 4 nitrogen and oxygen atoms in total. The third-order valence-electron chi connectivity index (χ3n) is 5.21. The Hall–Kier alpha value is -1.40. The Morgan fingerprint density at radius 1 is 1.22 bits per heavy atom. The fourth-order valence-corrected chi connectivity index (χ4v) is 2.66. The highest BCUT2D eigenvalue weighted by molar-refractivity contribution is 6.62. The number of nitrogens with one attached hydrogen (secondary N) is 1. The molecule has 1 aromatic rings. The van der Waals surface area contributed by atoms with Crippen LogP contribution in [-0.4, -0.2) is 30.3 Å². The molecule has 0 spiro atoms. The van der Waals surface area contributed by atoms with Gasteiger partial charge in [-0.2, -0.15) is 0 Å². The van der Waals surface area contributed by atoms with Gasteiger partial charge < -0.3 is 14.6 Å². The highest BCUT2D eigenvalue weighted by atomic mass is 19.1. The Labute approximate surface area is 136 Å². The molecule has 1 aliphatic carbocycles. The topological polar surface area (TPSA) is 47.6 Å². The number of carbonyl (C=O) groups excluding carboxylic acids is 1. The normalized spacial score (nSPS) is 22.7. The summed E-state index contributed by atoms with van der Waals surface area (Å²) >= 11 is 0. The first-order valence-corrected chi connectivity index (χ1v) is 8.15. The van der Waals surface area contributed by atoms with E-state index in [0.29, 0.717) is 5.56 Å². The summed E-state index contributed by atoms with van der Waals surface area (Å²) in [4.78, 5) is 12.3. The number of halogens is 1. The molecule has 1 saturated carbocycles. The molecule has 0 aromatic heterocycles. The average Bonchev–Trinajstić information content (AvgIpc) is 2.63. The van der Waals surface area contributed by atoms with E-state index in [4.69, 9.17) is 9.31 Å². The Morgan fingerprint density at radius 3 is 2.35 bits per heavy atom. The van der Waals surface area contributed by atoms with E-state index < -0.39 is 24.1 Å². The van der Waals surface area contributed by atoms with Crippen molar-refractivity contribution in [3.63, 3.8) is 0 Å². The van der Waals surface area contributed by atoms with E-state index in [-0.39, 0.29) is 17.4 Å². The smallest absolute Gasteiger partial charge is 0.399 e. The minimum Gasteiger partial charge on any atom is -0.399 e. The summed E-state index contributed by atoms with van der Waals surface area (Å²) in [5.74, 6) is -0.601. The largest absolute Gasteiger partial charge is 0.497 e. The second-order valence-corrected chi connectivity index (χ2v) is 7.43. The molecule has 1 aromatic carbocycles. The molecule has 124 valence electrons. The predicted molar refractivity (Wildman–Crippen MR) is 87.2 cm³/mol. The van der Waals surface area contributed by atoms with Crippen molar-refractivity contribution < 1.29 is 18.5 Å². The van der Waals surface area contributed by atoms with Gasteiger partial charge in [-0.3, -0.25) is 4.79 Å². The SMILES string of the molecule is CC1(C)OB(c2cc(C(=O)NC3CCC3)ccc2F)OC1(C)C. The molecule has 0 radical (unpaired) electrons. The molecule has 0 unspecified atom stereocenters. The van der Waals surface area contributed by atoms with Gasteiger partial charge in [-0.25, -0.2) is 4.39 Å². The highest BCUT2D eigenvalue weighted by Gasteiger charge is 2.52. The fourth-order valence-electron chi connectivity index (χ4n) is 2.66. The zero-order valence-electron chi connectivity index (χ0n) is 14.1. The molecule has 1 N–H and O–H groups in total. The molecular formula is C17H23BFNO3. The van der Waals surface area contributed by atoms with Crippen LogP contribution in [0.4, 0.5) is 4.39 Å². The number of hydrogen-bond donors (Lipinski definition) is 1. The summed E-state index contributed by atoms with van der Waals surface area (Å²) in [5.41, 5.74) is -0.393. The van der Waals surface area contributed by atoms with Gasteiger partial charge in [-0.15, -0.1) is 0 Å². The van der Waals surface area contributed by atoms with Gasteiger partial charge in [0, 0.05) is 17.1 Å². The van der Waals surface area contributed by atoms with Crippen molar-refractivity contribution in [2.45, 2.75) is 64.2 Å². The molecule has 1 saturated heterocycles. The number of amides is 1. The monoisotopic (exact) mass is 319 g/mol. The van der Waals surface area contributed by atoms with Crippen molar-refractivity contribution in [2.75, 3.05) is 0 Å². The maximum atomic E-state index is 14.2. The molecule has 2 aliphatic rings. The Kier molecular flexibility index (Phi) is 4.01. The zero-order chi connectivity index (χ0) is 16.8. The van der Waals surface area contributed by atoms with Crippen LogP contribution in [0.15, 0.2) is 18.2 Å². The van der Waals surface area contributed by atoms with E-state index in [1.807, 2.05) is 27.7 Å². The lowest BCUT2D eigenvalue weighted by Crippen LogP contribution is -2.41. The molecule has 6 heteroatoms. The van der Waals surface area contributed by atoms with Gasteiger partial charge in [0.2, 0.25) is 0 Å². The van der Waals surface area contributed by atoms with E-state index in [0.717, 1.165) is 19.3 Å². The molecular weight excluding hydrogens is 296 g/mol. The number of hydrogen-bond acceptors (Lipinski definition) is 3. The van der Waals surface area contributed by atoms with Gasteiger partial charge in [0.15, 0.2) is 0 Å². The zero-order valence-corrected chi connectivity index (χ0v) is 14.1. The van der Waals surface area contributed by atoms with Crippen molar-refractivity contribution in [3.8, 4) is 0 Å². The van der Waals surface area contributed by atoms with E-state index in [1.54, 1.807) is 0 Å². The van der Waals surface area contributed by atoms with E-state index in [1.165, 1.54) is 18.2 Å². The number of rotatable bonds is 3. The Balaban J connectivity index is 1.82. The van der Waals surface area contributed by atoms with Crippen molar-refractivity contribution in [1.29, 1.82) is 0 Å². The summed E-state index contributed by atoms with van der Waals surface area (Å²) in [5, 5.41) is 2.96. The lowest BCUT2D eigenvalue weighted by molar-refractivity contribution is 0.00578. The second kappa shape index (κ2) is 5.60. The van der Waals surface area contributed by atoms with Crippen molar-refractivity contribution in [3.05, 3.63) is 29.6 Å². The number of carbonyl (C=O) groups is 1. The first-order valence-electron chi connectivity index (χ1n) is 8.15.